The number of carbonyl (C=O) groups is 3. The van der Waals surface area contributed by atoms with Crippen LogP contribution in [0.25, 0.3) is 6.08 Å². The van der Waals surface area contributed by atoms with Crippen LogP contribution in [0.5, 0.6) is 0 Å². The molecule has 1 saturated heterocycles. The van der Waals surface area contributed by atoms with E-state index in [9.17, 15) is 14.4 Å². The second-order valence-electron chi connectivity index (χ2n) is 3.58. The molecule has 1 aromatic rings. The fraction of sp³-hybridized carbons (Fsp3) is 0.200. The monoisotopic (exact) mass is 285 g/mol. The van der Waals surface area contributed by atoms with Crippen molar-refractivity contribution in [3.05, 3.63) is 21.1 Å². The number of aromatic nitrogens is 1. The van der Waals surface area contributed by atoms with Gasteiger partial charge in [-0.15, -0.1) is 11.3 Å². The van der Waals surface area contributed by atoms with Gasteiger partial charge in [0, 0.05) is 25.2 Å². The van der Waals surface area contributed by atoms with Gasteiger partial charge in [0.2, 0.25) is 0 Å². The summed E-state index contributed by atoms with van der Waals surface area (Å²) < 4.78 is 0.315. The van der Waals surface area contributed by atoms with Gasteiger partial charge in [-0.05, 0) is 6.08 Å². The molecular formula is C10H8ClN3O3S. The number of likely N-dealkylation sites (N-methyl/N-ethyl adjacent to an activating group) is 2. The molecule has 4 amide bonds. The van der Waals surface area contributed by atoms with Gasteiger partial charge in [-0.1, -0.05) is 11.6 Å². The maximum atomic E-state index is 11.8. The van der Waals surface area contributed by atoms with Crippen molar-refractivity contribution in [3.8, 4) is 0 Å². The fourth-order valence-electron chi connectivity index (χ4n) is 1.45. The Morgan fingerprint density at radius 3 is 2.22 bits per heavy atom. The fourth-order valence-corrected chi connectivity index (χ4v) is 2.35. The maximum Gasteiger partial charge on any atom is 0.333 e. The number of nitrogens with zero attached hydrogens (tertiary/aromatic N) is 3. The highest BCUT2D eigenvalue weighted by Crippen LogP contribution is 2.23. The van der Waals surface area contributed by atoms with Crippen LogP contribution in [0, 0.1) is 0 Å². The Morgan fingerprint density at radius 2 is 1.78 bits per heavy atom. The summed E-state index contributed by atoms with van der Waals surface area (Å²) in [5, 5.41) is 0. The molecule has 1 aliphatic heterocycles. The smallest absolute Gasteiger partial charge is 0.268 e. The Bertz CT molecular complexity index is 555. The number of amides is 4. The van der Waals surface area contributed by atoms with Gasteiger partial charge in [0.05, 0.1) is 0 Å². The number of rotatable bonds is 1. The Labute approximate surface area is 111 Å². The summed E-state index contributed by atoms with van der Waals surface area (Å²) in [7, 11) is 2.64. The molecule has 1 fully saturated rings. The molecule has 2 rings (SSSR count). The molecule has 1 aromatic heterocycles. The third-order valence-electron chi connectivity index (χ3n) is 2.43. The molecule has 0 unspecified atom stereocenters. The number of urea groups is 1. The van der Waals surface area contributed by atoms with Crippen molar-refractivity contribution >= 4 is 46.9 Å². The lowest BCUT2D eigenvalue weighted by atomic mass is 10.1. The van der Waals surface area contributed by atoms with Crippen molar-refractivity contribution in [1.82, 2.24) is 14.8 Å². The Balaban J connectivity index is 2.43. The first-order valence-corrected chi connectivity index (χ1v) is 6.04. The lowest BCUT2D eigenvalue weighted by Gasteiger charge is -2.28. The van der Waals surface area contributed by atoms with E-state index in [1.54, 1.807) is 0 Å². The van der Waals surface area contributed by atoms with Crippen LogP contribution < -0.4 is 0 Å². The average molecular weight is 286 g/mol. The Hall–Kier alpha value is -1.73. The van der Waals surface area contributed by atoms with Gasteiger partial charge in [0.1, 0.15) is 5.57 Å². The molecule has 0 atom stereocenters. The third kappa shape index (κ3) is 2.02. The summed E-state index contributed by atoms with van der Waals surface area (Å²) in [6.45, 7) is 0. The number of hydrogen-bond donors (Lipinski definition) is 0. The van der Waals surface area contributed by atoms with Crippen molar-refractivity contribution < 1.29 is 14.4 Å². The first kappa shape index (κ1) is 12.7. The lowest BCUT2D eigenvalue weighted by molar-refractivity contribution is -0.134. The van der Waals surface area contributed by atoms with E-state index in [1.165, 1.54) is 26.4 Å². The largest absolute Gasteiger partial charge is 0.333 e. The van der Waals surface area contributed by atoms with Gasteiger partial charge >= 0.3 is 6.03 Å². The number of carbonyl (C=O) groups excluding carboxylic acids is 3. The zero-order valence-corrected chi connectivity index (χ0v) is 11.1. The summed E-state index contributed by atoms with van der Waals surface area (Å²) in [6, 6.07) is -0.649. The van der Waals surface area contributed by atoms with Crippen molar-refractivity contribution in [1.29, 1.82) is 0 Å². The standard InChI is InChI=1S/C10H8ClN3O3S/c1-13-7(15)6(8(16)14(2)10(13)17)3-5-4-12-9(11)18-5/h3-4H,1-2H3. The van der Waals surface area contributed by atoms with Gasteiger partial charge in [0.15, 0.2) is 4.47 Å². The number of barbiturate groups is 1. The maximum absolute atomic E-state index is 11.8. The predicted octanol–water partition coefficient (Wildman–Crippen LogP) is 1.23. The normalized spacial score (nSPS) is 16.6. The van der Waals surface area contributed by atoms with Crippen LogP contribution in [0.2, 0.25) is 4.47 Å². The lowest BCUT2D eigenvalue weighted by Crippen LogP contribution is -2.52. The molecular weight excluding hydrogens is 278 g/mol. The molecule has 0 aliphatic carbocycles. The molecule has 0 spiro atoms. The summed E-state index contributed by atoms with van der Waals surface area (Å²) in [6.07, 6.45) is 2.84. The molecule has 6 nitrogen and oxygen atoms in total. The zero-order valence-electron chi connectivity index (χ0n) is 9.51. The van der Waals surface area contributed by atoms with Crippen LogP contribution in [-0.2, 0) is 9.59 Å². The first-order valence-electron chi connectivity index (χ1n) is 4.85. The van der Waals surface area contributed by atoms with Crippen LogP contribution in [0.15, 0.2) is 11.8 Å². The topological polar surface area (TPSA) is 70.6 Å². The van der Waals surface area contributed by atoms with E-state index in [4.69, 9.17) is 11.6 Å². The van der Waals surface area contributed by atoms with Crippen LogP contribution in [0.1, 0.15) is 4.88 Å². The minimum Gasteiger partial charge on any atom is -0.268 e. The van der Waals surface area contributed by atoms with Crippen LogP contribution >= 0.6 is 22.9 Å². The molecule has 8 heteroatoms. The van der Waals surface area contributed by atoms with E-state index < -0.39 is 17.8 Å². The van der Waals surface area contributed by atoms with E-state index in [1.807, 2.05) is 0 Å². The van der Waals surface area contributed by atoms with Gasteiger partial charge in [-0.3, -0.25) is 19.4 Å². The van der Waals surface area contributed by atoms with E-state index in [0.29, 0.717) is 9.34 Å². The Morgan fingerprint density at radius 1 is 1.22 bits per heavy atom. The summed E-state index contributed by atoms with van der Waals surface area (Å²) in [5.74, 6) is -1.26. The quantitative estimate of drug-likeness (QED) is 0.575. The second kappa shape index (κ2) is 4.51. The van der Waals surface area contributed by atoms with Crippen LogP contribution in [-0.4, -0.2) is 46.7 Å². The SMILES string of the molecule is CN1C(=O)C(=Cc2cnc(Cl)s2)C(=O)N(C)C1=O. The molecule has 18 heavy (non-hydrogen) atoms. The molecule has 0 radical (unpaired) electrons. The zero-order chi connectivity index (χ0) is 13.4. The molecule has 0 bridgehead atoms. The number of halogens is 1. The van der Waals surface area contributed by atoms with Crippen molar-refractivity contribution in [3.63, 3.8) is 0 Å². The third-order valence-corrected chi connectivity index (χ3v) is 3.49. The van der Waals surface area contributed by atoms with Crippen LogP contribution in [0.3, 0.4) is 0 Å². The molecule has 1 aliphatic rings. The predicted molar refractivity (Wildman–Crippen MR) is 66.0 cm³/mol. The van der Waals surface area contributed by atoms with E-state index in [0.717, 1.165) is 21.1 Å². The van der Waals surface area contributed by atoms with Gasteiger partial charge in [-0.2, -0.15) is 0 Å². The second-order valence-corrected chi connectivity index (χ2v) is 5.23. The van der Waals surface area contributed by atoms with E-state index in [2.05, 4.69) is 4.98 Å². The number of imide groups is 2. The highest BCUT2D eigenvalue weighted by atomic mass is 35.5. The number of thiazole rings is 1. The van der Waals surface area contributed by atoms with Crippen molar-refractivity contribution in [2.45, 2.75) is 0 Å². The minimum atomic E-state index is -0.649. The molecule has 0 saturated carbocycles. The van der Waals surface area contributed by atoms with Crippen molar-refractivity contribution in [2.75, 3.05) is 14.1 Å². The molecule has 2 heterocycles. The number of hydrogen-bond acceptors (Lipinski definition) is 5. The minimum absolute atomic E-state index is 0.0834. The van der Waals surface area contributed by atoms with Gasteiger partial charge < -0.3 is 0 Å². The highest BCUT2D eigenvalue weighted by molar-refractivity contribution is 7.16. The Kier molecular flexibility index (Phi) is 3.18. The summed E-state index contributed by atoms with van der Waals surface area (Å²) in [4.78, 5) is 41.3. The summed E-state index contributed by atoms with van der Waals surface area (Å²) >= 11 is 6.80. The van der Waals surface area contributed by atoms with E-state index >= 15 is 0 Å². The molecule has 0 N–H and O–H groups in total. The molecule has 0 aromatic carbocycles. The summed E-state index contributed by atoms with van der Waals surface area (Å²) in [5.41, 5.74) is -0.0834. The van der Waals surface area contributed by atoms with Gasteiger partial charge in [0.25, 0.3) is 11.8 Å². The van der Waals surface area contributed by atoms with E-state index in [-0.39, 0.29) is 5.57 Å². The highest BCUT2D eigenvalue weighted by Gasteiger charge is 2.37. The molecule has 94 valence electrons. The first-order chi connectivity index (χ1) is 8.41. The van der Waals surface area contributed by atoms with Crippen LogP contribution in [0.4, 0.5) is 4.79 Å². The average Bonchev–Trinajstić information content (AvgIpc) is 2.75. The van der Waals surface area contributed by atoms with Crippen molar-refractivity contribution in [2.24, 2.45) is 0 Å². The van der Waals surface area contributed by atoms with Gasteiger partial charge in [-0.25, -0.2) is 9.78 Å².